The number of methoxy groups -OCH3 is 1. The van der Waals surface area contributed by atoms with Crippen LogP contribution in [0.3, 0.4) is 0 Å². The zero-order valence-electron chi connectivity index (χ0n) is 12.3. The van der Waals surface area contributed by atoms with Crippen molar-refractivity contribution in [1.82, 2.24) is 20.3 Å². The van der Waals surface area contributed by atoms with E-state index in [1.54, 1.807) is 11.8 Å². The number of hydrogen-bond acceptors (Lipinski definition) is 5. The van der Waals surface area contributed by atoms with Gasteiger partial charge in [-0.2, -0.15) is 0 Å². The fourth-order valence-electron chi connectivity index (χ4n) is 1.85. The third kappa shape index (κ3) is 3.27. The van der Waals surface area contributed by atoms with Crippen molar-refractivity contribution in [2.24, 2.45) is 7.05 Å². The first-order valence-corrected chi connectivity index (χ1v) is 6.47. The Labute approximate surface area is 118 Å². The zero-order chi connectivity index (χ0) is 14.5. The Morgan fingerprint density at radius 3 is 2.75 bits per heavy atom. The van der Waals surface area contributed by atoms with Crippen molar-refractivity contribution in [2.45, 2.75) is 19.6 Å². The minimum absolute atomic E-state index is 0.262. The first kappa shape index (κ1) is 14.3. The Bertz CT molecular complexity index is 568. The summed E-state index contributed by atoms with van der Waals surface area (Å²) in [7, 11) is 5.39. The quantitative estimate of drug-likeness (QED) is 0.870. The molecule has 0 aliphatic heterocycles. The van der Waals surface area contributed by atoms with Gasteiger partial charge in [0.2, 0.25) is 0 Å². The maximum atomic E-state index is 5.73. The summed E-state index contributed by atoms with van der Waals surface area (Å²) in [6.45, 7) is 2.46. The van der Waals surface area contributed by atoms with Gasteiger partial charge < -0.3 is 14.8 Å². The smallest absolute Gasteiger partial charge is 0.161 e. The monoisotopic (exact) mass is 276 g/mol. The lowest BCUT2D eigenvalue weighted by atomic mass is 10.1. The van der Waals surface area contributed by atoms with E-state index >= 15 is 0 Å². The summed E-state index contributed by atoms with van der Waals surface area (Å²) in [6.07, 6.45) is 1.82. The van der Waals surface area contributed by atoms with E-state index in [4.69, 9.17) is 9.47 Å². The van der Waals surface area contributed by atoms with Crippen molar-refractivity contribution in [3.05, 3.63) is 35.7 Å². The highest BCUT2D eigenvalue weighted by Gasteiger charge is 2.10. The summed E-state index contributed by atoms with van der Waals surface area (Å²) in [6, 6.07) is 6.18. The third-order valence-corrected chi connectivity index (χ3v) is 3.15. The largest absolute Gasteiger partial charge is 0.493 e. The molecule has 1 aromatic heterocycles. The first-order chi connectivity index (χ1) is 9.63. The number of nitrogens with zero attached hydrogens (tertiary/aromatic N) is 3. The van der Waals surface area contributed by atoms with E-state index in [9.17, 15) is 0 Å². The number of benzene rings is 1. The standard InChI is InChI=1S/C14H20N4O2/c1-10(15-2)11-5-6-13(14(7-11)19-4)20-9-12-8-18(3)17-16-12/h5-8,10,15H,9H2,1-4H3. The van der Waals surface area contributed by atoms with Gasteiger partial charge >= 0.3 is 0 Å². The summed E-state index contributed by atoms with van der Waals surface area (Å²) in [5, 5.41) is 11.0. The lowest BCUT2D eigenvalue weighted by molar-refractivity contribution is 0.280. The van der Waals surface area contributed by atoms with Gasteiger partial charge in [0.15, 0.2) is 11.5 Å². The van der Waals surface area contributed by atoms with E-state index in [2.05, 4.69) is 22.6 Å². The SMILES string of the molecule is CNC(C)c1ccc(OCc2cn(C)nn2)c(OC)c1. The Morgan fingerprint density at radius 1 is 1.35 bits per heavy atom. The number of ether oxygens (including phenoxy) is 2. The molecule has 2 rings (SSSR count). The minimum atomic E-state index is 0.262. The van der Waals surface area contributed by atoms with Gasteiger partial charge in [-0.15, -0.1) is 5.10 Å². The van der Waals surface area contributed by atoms with Gasteiger partial charge in [-0.05, 0) is 31.7 Å². The molecule has 20 heavy (non-hydrogen) atoms. The fourth-order valence-corrected chi connectivity index (χ4v) is 1.85. The number of nitrogens with one attached hydrogen (secondary N) is 1. The molecule has 0 saturated heterocycles. The van der Waals surface area contributed by atoms with Gasteiger partial charge in [-0.3, -0.25) is 4.68 Å². The molecule has 0 saturated carbocycles. The highest BCUT2D eigenvalue weighted by molar-refractivity contribution is 5.43. The van der Waals surface area contributed by atoms with Crippen LogP contribution >= 0.6 is 0 Å². The van der Waals surface area contributed by atoms with Crippen molar-refractivity contribution >= 4 is 0 Å². The molecule has 1 unspecified atom stereocenters. The molecule has 1 atom stereocenters. The van der Waals surface area contributed by atoms with Crippen LogP contribution in [0.4, 0.5) is 0 Å². The number of aromatic nitrogens is 3. The molecule has 1 aromatic carbocycles. The predicted octanol–water partition coefficient (Wildman–Crippen LogP) is 1.68. The van der Waals surface area contributed by atoms with Crippen molar-refractivity contribution in [2.75, 3.05) is 14.2 Å². The van der Waals surface area contributed by atoms with E-state index in [-0.39, 0.29) is 6.04 Å². The van der Waals surface area contributed by atoms with Crippen LogP contribution in [-0.4, -0.2) is 29.2 Å². The zero-order valence-corrected chi connectivity index (χ0v) is 12.3. The summed E-state index contributed by atoms with van der Waals surface area (Å²) in [5.74, 6) is 1.42. The van der Waals surface area contributed by atoms with Crippen LogP contribution in [0.1, 0.15) is 24.2 Å². The summed E-state index contributed by atoms with van der Waals surface area (Å²) in [4.78, 5) is 0. The average Bonchev–Trinajstić information content (AvgIpc) is 2.89. The molecule has 0 spiro atoms. The van der Waals surface area contributed by atoms with Gasteiger partial charge in [0.1, 0.15) is 12.3 Å². The molecule has 0 bridgehead atoms. The highest BCUT2D eigenvalue weighted by atomic mass is 16.5. The Balaban J connectivity index is 2.11. The average molecular weight is 276 g/mol. The second-order valence-electron chi connectivity index (χ2n) is 4.59. The minimum Gasteiger partial charge on any atom is -0.493 e. The number of hydrogen-bond donors (Lipinski definition) is 1. The van der Waals surface area contributed by atoms with E-state index in [1.807, 2.05) is 38.5 Å². The molecule has 108 valence electrons. The van der Waals surface area contributed by atoms with Gasteiger partial charge in [0.25, 0.3) is 0 Å². The van der Waals surface area contributed by atoms with Gasteiger partial charge in [0, 0.05) is 13.1 Å². The topological polar surface area (TPSA) is 61.2 Å². The van der Waals surface area contributed by atoms with Gasteiger partial charge in [-0.1, -0.05) is 11.3 Å². The molecule has 0 amide bonds. The van der Waals surface area contributed by atoms with Crippen LogP contribution in [0.5, 0.6) is 11.5 Å². The molecule has 2 aromatic rings. The van der Waals surface area contributed by atoms with Crippen LogP contribution in [0.15, 0.2) is 24.4 Å². The maximum Gasteiger partial charge on any atom is 0.161 e. The summed E-state index contributed by atoms with van der Waals surface area (Å²) < 4.78 is 12.8. The van der Waals surface area contributed by atoms with Gasteiger partial charge in [-0.25, -0.2) is 0 Å². The summed E-state index contributed by atoms with van der Waals surface area (Å²) >= 11 is 0. The summed E-state index contributed by atoms with van der Waals surface area (Å²) in [5.41, 5.74) is 1.93. The van der Waals surface area contributed by atoms with Crippen molar-refractivity contribution in [3.8, 4) is 11.5 Å². The van der Waals surface area contributed by atoms with Crippen LogP contribution in [0, 0.1) is 0 Å². The lowest BCUT2D eigenvalue weighted by Crippen LogP contribution is -2.12. The Morgan fingerprint density at radius 2 is 2.15 bits per heavy atom. The third-order valence-electron chi connectivity index (χ3n) is 3.15. The number of rotatable bonds is 6. The molecular weight excluding hydrogens is 256 g/mol. The molecule has 1 heterocycles. The van der Waals surface area contributed by atoms with E-state index in [0.29, 0.717) is 18.1 Å². The van der Waals surface area contributed by atoms with Crippen LogP contribution in [-0.2, 0) is 13.7 Å². The molecule has 0 fully saturated rings. The molecule has 6 heteroatoms. The second kappa shape index (κ2) is 6.38. The molecule has 1 N–H and O–H groups in total. The molecule has 0 aliphatic carbocycles. The second-order valence-corrected chi connectivity index (χ2v) is 4.59. The predicted molar refractivity (Wildman–Crippen MR) is 75.8 cm³/mol. The highest BCUT2D eigenvalue weighted by Crippen LogP contribution is 2.30. The maximum absolute atomic E-state index is 5.73. The van der Waals surface area contributed by atoms with E-state index < -0.39 is 0 Å². The molecule has 6 nitrogen and oxygen atoms in total. The fraction of sp³-hybridized carbons (Fsp3) is 0.429. The Hall–Kier alpha value is -2.08. The lowest BCUT2D eigenvalue weighted by Gasteiger charge is -2.15. The van der Waals surface area contributed by atoms with Crippen molar-refractivity contribution in [1.29, 1.82) is 0 Å². The Kier molecular flexibility index (Phi) is 4.57. The van der Waals surface area contributed by atoms with Crippen molar-refractivity contribution < 1.29 is 9.47 Å². The van der Waals surface area contributed by atoms with Crippen molar-refractivity contribution in [3.63, 3.8) is 0 Å². The van der Waals surface area contributed by atoms with E-state index in [0.717, 1.165) is 11.3 Å². The first-order valence-electron chi connectivity index (χ1n) is 6.47. The van der Waals surface area contributed by atoms with Crippen LogP contribution in [0.2, 0.25) is 0 Å². The molecular formula is C14H20N4O2. The molecule has 0 radical (unpaired) electrons. The van der Waals surface area contributed by atoms with Crippen LogP contribution < -0.4 is 14.8 Å². The van der Waals surface area contributed by atoms with Gasteiger partial charge in [0.05, 0.1) is 13.3 Å². The van der Waals surface area contributed by atoms with E-state index in [1.165, 1.54) is 0 Å². The number of aryl methyl sites for hydroxylation is 1. The normalized spacial score (nSPS) is 12.2. The molecule has 0 aliphatic rings. The van der Waals surface area contributed by atoms with Crippen LogP contribution in [0.25, 0.3) is 0 Å².